The molecule has 1 nitrogen and oxygen atoms in total. The number of nitrogens with one attached hydrogen (secondary N) is 1. The van der Waals surface area contributed by atoms with Crippen molar-refractivity contribution in [3.63, 3.8) is 0 Å². The summed E-state index contributed by atoms with van der Waals surface area (Å²) in [6, 6.07) is 8.73. The van der Waals surface area contributed by atoms with Gasteiger partial charge in [-0.2, -0.15) is 0 Å². The van der Waals surface area contributed by atoms with Gasteiger partial charge in [0, 0.05) is 11.1 Å². The number of hydrogen-bond acceptors (Lipinski definition) is 1. The molecule has 1 aromatic rings. The zero-order valence-corrected chi connectivity index (χ0v) is 11.4. The highest BCUT2D eigenvalue weighted by atomic mass is 35.5. The van der Waals surface area contributed by atoms with Gasteiger partial charge in [-0.05, 0) is 49.9 Å². The lowest BCUT2D eigenvalue weighted by Gasteiger charge is -2.28. The van der Waals surface area contributed by atoms with Crippen LogP contribution in [0.15, 0.2) is 24.3 Å². The first-order chi connectivity index (χ1) is 7.43. The second kappa shape index (κ2) is 5.70. The van der Waals surface area contributed by atoms with Crippen LogP contribution in [0.4, 0.5) is 0 Å². The largest absolute Gasteiger partial charge is 0.317 e. The lowest BCUT2D eigenvalue weighted by molar-refractivity contribution is 0.293. The SMILES string of the molecule is CNC(C)CC(C)(C)Cc1ccc(Cl)cc1. The van der Waals surface area contributed by atoms with E-state index < -0.39 is 0 Å². The van der Waals surface area contributed by atoms with E-state index in [1.165, 1.54) is 12.0 Å². The van der Waals surface area contributed by atoms with Gasteiger partial charge in [0.2, 0.25) is 0 Å². The van der Waals surface area contributed by atoms with Crippen LogP contribution in [-0.4, -0.2) is 13.1 Å². The summed E-state index contributed by atoms with van der Waals surface area (Å²) in [7, 11) is 2.02. The molecule has 0 aliphatic rings. The highest BCUT2D eigenvalue weighted by molar-refractivity contribution is 6.30. The van der Waals surface area contributed by atoms with Crippen molar-refractivity contribution in [3.8, 4) is 0 Å². The molecule has 1 atom stereocenters. The summed E-state index contributed by atoms with van der Waals surface area (Å²) in [6.45, 7) is 6.86. The third-order valence-corrected chi connectivity index (χ3v) is 3.20. The van der Waals surface area contributed by atoms with Crippen LogP contribution in [0.5, 0.6) is 0 Å². The zero-order valence-electron chi connectivity index (χ0n) is 10.7. The maximum Gasteiger partial charge on any atom is 0.0406 e. The van der Waals surface area contributed by atoms with Gasteiger partial charge in [-0.1, -0.05) is 37.6 Å². The first-order valence-electron chi connectivity index (χ1n) is 5.85. The Bertz CT molecular complexity index is 316. The molecular formula is C14H22ClN. The van der Waals surface area contributed by atoms with Crippen LogP contribution in [-0.2, 0) is 6.42 Å². The van der Waals surface area contributed by atoms with E-state index in [1.54, 1.807) is 0 Å². The standard InChI is InChI=1S/C14H22ClN/c1-11(16-4)9-14(2,3)10-12-5-7-13(15)8-6-12/h5-8,11,16H,9-10H2,1-4H3. The van der Waals surface area contributed by atoms with Gasteiger partial charge in [0.1, 0.15) is 0 Å². The molecule has 16 heavy (non-hydrogen) atoms. The van der Waals surface area contributed by atoms with Crippen LogP contribution in [0.2, 0.25) is 5.02 Å². The Kier molecular flexibility index (Phi) is 4.82. The van der Waals surface area contributed by atoms with E-state index in [2.05, 4.69) is 38.2 Å². The minimum atomic E-state index is 0.316. The highest BCUT2D eigenvalue weighted by Crippen LogP contribution is 2.27. The number of benzene rings is 1. The van der Waals surface area contributed by atoms with Crippen molar-refractivity contribution in [1.29, 1.82) is 0 Å². The Morgan fingerprint density at radius 2 is 1.81 bits per heavy atom. The molecule has 90 valence electrons. The van der Waals surface area contributed by atoms with Crippen molar-refractivity contribution < 1.29 is 0 Å². The lowest BCUT2D eigenvalue weighted by Crippen LogP contribution is -2.29. The molecule has 0 aliphatic heterocycles. The average molecular weight is 240 g/mol. The van der Waals surface area contributed by atoms with Crippen molar-refractivity contribution in [2.75, 3.05) is 7.05 Å². The van der Waals surface area contributed by atoms with E-state index in [1.807, 2.05) is 19.2 Å². The Morgan fingerprint density at radius 3 is 2.31 bits per heavy atom. The fourth-order valence-electron chi connectivity index (χ4n) is 2.16. The zero-order chi connectivity index (χ0) is 12.2. The van der Waals surface area contributed by atoms with Gasteiger partial charge >= 0.3 is 0 Å². The van der Waals surface area contributed by atoms with Crippen LogP contribution in [0.25, 0.3) is 0 Å². The molecule has 0 heterocycles. The Hall–Kier alpha value is -0.530. The molecule has 1 aromatic carbocycles. The number of hydrogen-bond donors (Lipinski definition) is 1. The molecule has 1 rings (SSSR count). The van der Waals surface area contributed by atoms with Gasteiger partial charge in [-0.3, -0.25) is 0 Å². The summed E-state index contributed by atoms with van der Waals surface area (Å²) in [5.74, 6) is 0. The van der Waals surface area contributed by atoms with Crippen LogP contribution in [0, 0.1) is 5.41 Å². The Morgan fingerprint density at radius 1 is 1.25 bits per heavy atom. The Labute approximate surface area is 104 Å². The van der Waals surface area contributed by atoms with Gasteiger partial charge in [0.25, 0.3) is 0 Å². The van der Waals surface area contributed by atoms with Gasteiger partial charge in [0.05, 0.1) is 0 Å². The van der Waals surface area contributed by atoms with Crippen molar-refractivity contribution >= 4 is 11.6 Å². The molecule has 2 heteroatoms. The number of rotatable bonds is 5. The summed E-state index contributed by atoms with van der Waals surface area (Å²) in [5.41, 5.74) is 1.67. The third kappa shape index (κ3) is 4.54. The van der Waals surface area contributed by atoms with Crippen LogP contribution in [0.3, 0.4) is 0 Å². The van der Waals surface area contributed by atoms with Crippen molar-refractivity contribution in [1.82, 2.24) is 5.32 Å². The second-order valence-electron chi connectivity index (χ2n) is 5.36. The predicted molar refractivity (Wildman–Crippen MR) is 72.1 cm³/mol. The van der Waals surface area contributed by atoms with Gasteiger partial charge in [-0.15, -0.1) is 0 Å². The van der Waals surface area contributed by atoms with Gasteiger partial charge in [0.15, 0.2) is 0 Å². The normalized spacial score (nSPS) is 13.8. The molecule has 0 fully saturated rings. The molecule has 0 spiro atoms. The summed E-state index contributed by atoms with van der Waals surface area (Å²) >= 11 is 5.88. The second-order valence-corrected chi connectivity index (χ2v) is 5.80. The van der Waals surface area contributed by atoms with Crippen LogP contribution < -0.4 is 5.32 Å². The molecule has 0 amide bonds. The first-order valence-corrected chi connectivity index (χ1v) is 6.22. The monoisotopic (exact) mass is 239 g/mol. The third-order valence-electron chi connectivity index (χ3n) is 2.95. The number of halogens is 1. The molecule has 0 aliphatic carbocycles. The molecule has 1 unspecified atom stereocenters. The molecule has 0 saturated carbocycles. The van der Waals surface area contributed by atoms with E-state index in [-0.39, 0.29) is 0 Å². The van der Waals surface area contributed by atoms with E-state index in [0.717, 1.165) is 11.4 Å². The lowest BCUT2D eigenvalue weighted by atomic mass is 9.80. The fraction of sp³-hybridized carbons (Fsp3) is 0.571. The highest BCUT2D eigenvalue weighted by Gasteiger charge is 2.20. The van der Waals surface area contributed by atoms with Crippen molar-refractivity contribution in [2.45, 2.75) is 39.7 Å². The minimum Gasteiger partial charge on any atom is -0.317 e. The topological polar surface area (TPSA) is 12.0 Å². The van der Waals surface area contributed by atoms with E-state index in [9.17, 15) is 0 Å². The molecule has 0 aromatic heterocycles. The molecule has 0 radical (unpaired) electrons. The molecular weight excluding hydrogens is 218 g/mol. The smallest absolute Gasteiger partial charge is 0.0406 e. The van der Waals surface area contributed by atoms with E-state index >= 15 is 0 Å². The summed E-state index contributed by atoms with van der Waals surface area (Å²) in [5, 5.41) is 4.11. The van der Waals surface area contributed by atoms with E-state index in [4.69, 9.17) is 11.6 Å². The van der Waals surface area contributed by atoms with Gasteiger partial charge in [-0.25, -0.2) is 0 Å². The van der Waals surface area contributed by atoms with Crippen LogP contribution >= 0.6 is 11.6 Å². The maximum absolute atomic E-state index is 5.88. The van der Waals surface area contributed by atoms with E-state index in [0.29, 0.717) is 11.5 Å². The summed E-state index contributed by atoms with van der Waals surface area (Å²) in [4.78, 5) is 0. The average Bonchev–Trinajstić information content (AvgIpc) is 2.20. The van der Waals surface area contributed by atoms with Crippen molar-refractivity contribution in [3.05, 3.63) is 34.9 Å². The quantitative estimate of drug-likeness (QED) is 0.822. The minimum absolute atomic E-state index is 0.316. The molecule has 1 N–H and O–H groups in total. The maximum atomic E-state index is 5.88. The summed E-state index contributed by atoms with van der Waals surface area (Å²) < 4.78 is 0. The first kappa shape index (κ1) is 13.5. The molecule has 0 bridgehead atoms. The summed E-state index contributed by atoms with van der Waals surface area (Å²) in [6.07, 6.45) is 2.27. The Balaban J connectivity index is 2.61. The van der Waals surface area contributed by atoms with Crippen LogP contribution in [0.1, 0.15) is 32.8 Å². The predicted octanol–water partition coefficient (Wildman–Crippen LogP) is 3.91. The van der Waals surface area contributed by atoms with Crippen molar-refractivity contribution in [2.24, 2.45) is 5.41 Å². The van der Waals surface area contributed by atoms with Gasteiger partial charge < -0.3 is 5.32 Å². The fourth-order valence-corrected chi connectivity index (χ4v) is 2.28. The molecule has 0 saturated heterocycles.